The van der Waals surface area contributed by atoms with Crippen LogP contribution < -0.4 is 0 Å². The van der Waals surface area contributed by atoms with Crippen LogP contribution in [-0.4, -0.2) is 4.57 Å². The van der Waals surface area contributed by atoms with Gasteiger partial charge in [-0.1, -0.05) is 60.7 Å². The summed E-state index contributed by atoms with van der Waals surface area (Å²) in [7, 11) is 0. The summed E-state index contributed by atoms with van der Waals surface area (Å²) in [5.41, 5.74) is 8.34. The van der Waals surface area contributed by atoms with E-state index in [0.29, 0.717) is 0 Å². The molecule has 24 heavy (non-hydrogen) atoms. The van der Waals surface area contributed by atoms with Crippen molar-refractivity contribution in [3.8, 4) is 27.9 Å². The standard InChI is InChI=1S/C22H13NO/c1-2-7-15-14(6-1)16-8-3-4-11-20(16)23-21-17(15)9-5-10-18(21)19-12-13-24-22(19)23/h1-13H. The molecule has 0 aliphatic carbocycles. The van der Waals surface area contributed by atoms with Gasteiger partial charge in [0, 0.05) is 21.9 Å². The molecule has 0 saturated carbocycles. The van der Waals surface area contributed by atoms with E-state index in [1.165, 1.54) is 44.2 Å². The molecule has 0 amide bonds. The number of hydrogen-bond donors (Lipinski definition) is 0. The van der Waals surface area contributed by atoms with E-state index in [1.54, 1.807) is 6.26 Å². The minimum absolute atomic E-state index is 0.915. The molecule has 2 nitrogen and oxygen atoms in total. The van der Waals surface area contributed by atoms with Crippen molar-refractivity contribution >= 4 is 22.0 Å². The summed E-state index contributed by atoms with van der Waals surface area (Å²) in [4.78, 5) is 0. The molecule has 1 aliphatic rings. The summed E-state index contributed by atoms with van der Waals surface area (Å²) in [6, 6.07) is 25.8. The molecule has 0 atom stereocenters. The van der Waals surface area contributed by atoms with Gasteiger partial charge in [-0.2, -0.15) is 0 Å². The number of nitrogens with zero attached hydrogens (tertiary/aromatic N) is 1. The summed E-state index contributed by atoms with van der Waals surface area (Å²) in [5, 5.41) is 2.41. The Hall–Kier alpha value is -3.26. The fraction of sp³-hybridized carbons (Fsp3) is 0. The molecule has 0 unspecified atom stereocenters. The molecule has 6 rings (SSSR count). The van der Waals surface area contributed by atoms with Gasteiger partial charge < -0.3 is 4.42 Å². The van der Waals surface area contributed by atoms with Crippen LogP contribution in [0.5, 0.6) is 0 Å². The highest BCUT2D eigenvalue weighted by Crippen LogP contribution is 2.46. The van der Waals surface area contributed by atoms with Crippen LogP contribution in [-0.2, 0) is 0 Å². The Morgan fingerprint density at radius 1 is 0.583 bits per heavy atom. The van der Waals surface area contributed by atoms with E-state index in [-0.39, 0.29) is 0 Å². The molecule has 0 radical (unpaired) electrons. The highest BCUT2D eigenvalue weighted by molar-refractivity contribution is 6.15. The quantitative estimate of drug-likeness (QED) is 0.335. The number of furan rings is 1. The van der Waals surface area contributed by atoms with E-state index in [0.717, 1.165) is 5.71 Å². The van der Waals surface area contributed by atoms with Crippen LogP contribution in [0.4, 0.5) is 0 Å². The molecular weight excluding hydrogens is 294 g/mol. The van der Waals surface area contributed by atoms with Gasteiger partial charge in [-0.15, -0.1) is 0 Å². The van der Waals surface area contributed by atoms with Crippen LogP contribution >= 0.6 is 0 Å². The Bertz CT molecular complexity index is 1260. The first kappa shape index (κ1) is 12.2. The maximum atomic E-state index is 5.89. The van der Waals surface area contributed by atoms with E-state index in [2.05, 4.69) is 77.4 Å². The van der Waals surface area contributed by atoms with Crippen molar-refractivity contribution in [2.24, 2.45) is 0 Å². The predicted molar refractivity (Wildman–Crippen MR) is 97.5 cm³/mol. The second-order valence-electron chi connectivity index (χ2n) is 6.24. The monoisotopic (exact) mass is 307 g/mol. The van der Waals surface area contributed by atoms with E-state index in [4.69, 9.17) is 4.42 Å². The summed E-state index contributed by atoms with van der Waals surface area (Å²) in [6.07, 6.45) is 1.78. The lowest BCUT2D eigenvalue weighted by Crippen LogP contribution is -1.94. The molecule has 0 fully saturated rings. The van der Waals surface area contributed by atoms with E-state index >= 15 is 0 Å². The Morgan fingerprint density at radius 3 is 2.17 bits per heavy atom. The first-order chi connectivity index (χ1) is 11.9. The molecule has 0 N–H and O–H groups in total. The van der Waals surface area contributed by atoms with Gasteiger partial charge in [-0.05, 0) is 23.3 Å². The maximum Gasteiger partial charge on any atom is 0.212 e. The third kappa shape index (κ3) is 1.32. The summed E-state index contributed by atoms with van der Waals surface area (Å²) >= 11 is 0. The highest BCUT2D eigenvalue weighted by atomic mass is 16.3. The maximum absolute atomic E-state index is 5.89. The van der Waals surface area contributed by atoms with Gasteiger partial charge in [0.15, 0.2) is 0 Å². The van der Waals surface area contributed by atoms with Gasteiger partial charge in [0.05, 0.1) is 17.5 Å². The highest BCUT2D eigenvalue weighted by Gasteiger charge is 2.24. The van der Waals surface area contributed by atoms with E-state index in [9.17, 15) is 0 Å². The average Bonchev–Trinajstić information content (AvgIpc) is 3.19. The first-order valence-electron chi connectivity index (χ1n) is 8.13. The zero-order valence-electron chi connectivity index (χ0n) is 12.9. The fourth-order valence-corrected chi connectivity index (χ4v) is 4.08. The summed E-state index contributed by atoms with van der Waals surface area (Å²) in [6.45, 7) is 0. The summed E-state index contributed by atoms with van der Waals surface area (Å²) in [5.74, 6) is 0. The number of benzene rings is 3. The van der Waals surface area contributed by atoms with Gasteiger partial charge in [0.25, 0.3) is 0 Å². The number of fused-ring (bicyclic) bond motifs is 8. The molecule has 1 aliphatic heterocycles. The Morgan fingerprint density at radius 2 is 1.29 bits per heavy atom. The Labute approximate surface area is 138 Å². The van der Waals surface area contributed by atoms with Crippen LogP contribution in [0.25, 0.3) is 49.9 Å². The van der Waals surface area contributed by atoms with Gasteiger partial charge in [-0.25, -0.2) is 0 Å². The minimum Gasteiger partial charge on any atom is -0.447 e. The summed E-state index contributed by atoms with van der Waals surface area (Å²) < 4.78 is 8.16. The molecule has 0 spiro atoms. The third-order valence-corrected chi connectivity index (χ3v) is 5.05. The van der Waals surface area contributed by atoms with Crippen LogP contribution in [0.1, 0.15) is 0 Å². The number of para-hydroxylation sites is 2. The molecule has 3 aromatic carbocycles. The zero-order valence-corrected chi connectivity index (χ0v) is 12.9. The molecule has 112 valence electrons. The van der Waals surface area contributed by atoms with Gasteiger partial charge in [0.2, 0.25) is 5.71 Å². The molecule has 2 heteroatoms. The van der Waals surface area contributed by atoms with Crippen LogP contribution in [0.3, 0.4) is 0 Å². The van der Waals surface area contributed by atoms with Crippen molar-refractivity contribution in [2.45, 2.75) is 0 Å². The fourth-order valence-electron chi connectivity index (χ4n) is 4.08. The van der Waals surface area contributed by atoms with Crippen LogP contribution in [0, 0.1) is 0 Å². The van der Waals surface area contributed by atoms with Crippen LogP contribution in [0.15, 0.2) is 83.5 Å². The third-order valence-electron chi connectivity index (χ3n) is 5.05. The van der Waals surface area contributed by atoms with E-state index < -0.39 is 0 Å². The van der Waals surface area contributed by atoms with Gasteiger partial charge >= 0.3 is 0 Å². The lowest BCUT2D eigenvalue weighted by atomic mass is 9.94. The second kappa shape index (κ2) is 4.18. The molecular formula is C22H13NO. The predicted octanol–water partition coefficient (Wildman–Crippen LogP) is 6.02. The average molecular weight is 307 g/mol. The van der Waals surface area contributed by atoms with Crippen molar-refractivity contribution in [3.05, 3.63) is 79.1 Å². The van der Waals surface area contributed by atoms with Crippen molar-refractivity contribution < 1.29 is 4.42 Å². The van der Waals surface area contributed by atoms with Gasteiger partial charge in [0.1, 0.15) is 0 Å². The van der Waals surface area contributed by atoms with E-state index in [1.807, 2.05) is 0 Å². The van der Waals surface area contributed by atoms with Crippen molar-refractivity contribution in [1.82, 2.24) is 4.57 Å². The Balaban J connectivity index is 1.99. The smallest absolute Gasteiger partial charge is 0.212 e. The van der Waals surface area contributed by atoms with Crippen LogP contribution in [0.2, 0.25) is 0 Å². The normalized spacial score (nSPS) is 12.2. The molecule has 0 saturated heterocycles. The number of aromatic nitrogens is 1. The molecule has 0 bridgehead atoms. The van der Waals surface area contributed by atoms with Crippen molar-refractivity contribution in [2.75, 3.05) is 0 Å². The first-order valence-corrected chi connectivity index (χ1v) is 8.13. The SMILES string of the molecule is c1ccc2c(c1)-c1ccccc1-n1c3occc3c3cccc-2c31. The van der Waals surface area contributed by atoms with Gasteiger partial charge in [-0.3, -0.25) is 4.57 Å². The minimum atomic E-state index is 0.915. The Kier molecular flexibility index (Phi) is 2.12. The van der Waals surface area contributed by atoms with Crippen molar-refractivity contribution in [1.29, 1.82) is 0 Å². The molecule has 5 aromatic rings. The zero-order chi connectivity index (χ0) is 15.7. The number of rotatable bonds is 0. The number of hydrogen-bond acceptors (Lipinski definition) is 1. The topological polar surface area (TPSA) is 18.1 Å². The van der Waals surface area contributed by atoms with Crippen molar-refractivity contribution in [3.63, 3.8) is 0 Å². The lowest BCUT2D eigenvalue weighted by molar-refractivity contribution is 0.596. The second-order valence-corrected chi connectivity index (χ2v) is 6.24. The molecule has 2 aromatic heterocycles. The lowest BCUT2D eigenvalue weighted by Gasteiger charge is -2.10. The molecule has 3 heterocycles. The largest absolute Gasteiger partial charge is 0.447 e.